The van der Waals surface area contributed by atoms with Gasteiger partial charge >= 0.3 is 0 Å². The highest BCUT2D eigenvalue weighted by molar-refractivity contribution is 5.04. The molecule has 0 aliphatic heterocycles. The second-order valence-electron chi connectivity index (χ2n) is 8.71. The fourth-order valence-corrected chi connectivity index (χ4v) is 4.20. The van der Waals surface area contributed by atoms with Crippen molar-refractivity contribution in [3.8, 4) is 0 Å². The third kappa shape index (κ3) is 4.37. The predicted molar refractivity (Wildman–Crippen MR) is 89.9 cm³/mol. The average Bonchev–Trinajstić information content (AvgIpc) is 3.24. The molecule has 0 aromatic carbocycles. The zero-order chi connectivity index (χ0) is 14.8. The highest BCUT2D eigenvalue weighted by Crippen LogP contribution is 2.59. The van der Waals surface area contributed by atoms with Gasteiger partial charge in [-0.1, -0.05) is 45.6 Å². The van der Waals surface area contributed by atoms with Crippen LogP contribution in [0.1, 0.15) is 91.9 Å². The molecule has 0 heteroatoms. The van der Waals surface area contributed by atoms with Gasteiger partial charge in [0.15, 0.2) is 0 Å². The fraction of sp³-hybridized carbons (Fsp3) is 0.900. The molecule has 0 saturated heterocycles. The normalized spacial score (nSPS) is 27.4. The SMILES string of the molecule is C=C(C)CC1CC1C(C)(C)CCC1(CCCCC)CC1. The van der Waals surface area contributed by atoms with Gasteiger partial charge in [-0.2, -0.15) is 0 Å². The highest BCUT2D eigenvalue weighted by atomic mass is 14.5. The lowest BCUT2D eigenvalue weighted by molar-refractivity contribution is 0.227. The number of hydrogen-bond donors (Lipinski definition) is 0. The third-order valence-corrected chi connectivity index (χ3v) is 6.10. The summed E-state index contributed by atoms with van der Waals surface area (Å²) in [4.78, 5) is 0. The first-order valence-electron chi connectivity index (χ1n) is 9.03. The van der Waals surface area contributed by atoms with Crippen LogP contribution in [0.25, 0.3) is 0 Å². The zero-order valence-corrected chi connectivity index (χ0v) is 14.4. The summed E-state index contributed by atoms with van der Waals surface area (Å²) < 4.78 is 0. The first-order valence-corrected chi connectivity index (χ1v) is 9.03. The average molecular weight is 277 g/mol. The molecule has 2 unspecified atom stereocenters. The van der Waals surface area contributed by atoms with Crippen LogP contribution in [0.5, 0.6) is 0 Å². The van der Waals surface area contributed by atoms with Gasteiger partial charge in [0.05, 0.1) is 0 Å². The minimum Gasteiger partial charge on any atom is -0.100 e. The summed E-state index contributed by atoms with van der Waals surface area (Å²) in [5.74, 6) is 1.93. The van der Waals surface area contributed by atoms with E-state index in [9.17, 15) is 0 Å². The van der Waals surface area contributed by atoms with Crippen LogP contribution in [0.4, 0.5) is 0 Å². The van der Waals surface area contributed by atoms with Gasteiger partial charge in [-0.25, -0.2) is 0 Å². The van der Waals surface area contributed by atoms with E-state index >= 15 is 0 Å². The standard InChI is InChI=1S/C20H36/c1-6-7-8-9-20(12-13-20)11-10-19(4,5)18-15-17(18)14-16(2)3/h17-18H,2,6-15H2,1,3-5H3. The summed E-state index contributed by atoms with van der Waals surface area (Å²) in [6.07, 6.45) is 14.5. The van der Waals surface area contributed by atoms with Crippen molar-refractivity contribution in [2.24, 2.45) is 22.7 Å². The Balaban J connectivity index is 1.72. The van der Waals surface area contributed by atoms with E-state index in [1.165, 1.54) is 69.8 Å². The molecule has 2 rings (SSSR count). The molecule has 0 bridgehead atoms. The van der Waals surface area contributed by atoms with E-state index in [4.69, 9.17) is 0 Å². The molecule has 0 N–H and O–H groups in total. The zero-order valence-electron chi connectivity index (χ0n) is 14.4. The van der Waals surface area contributed by atoms with Crippen LogP contribution < -0.4 is 0 Å². The summed E-state index contributed by atoms with van der Waals surface area (Å²) >= 11 is 0. The molecule has 0 heterocycles. The molecule has 20 heavy (non-hydrogen) atoms. The maximum Gasteiger partial charge on any atom is -0.0294 e. The van der Waals surface area contributed by atoms with E-state index < -0.39 is 0 Å². The first kappa shape index (κ1) is 16.1. The monoisotopic (exact) mass is 276 g/mol. The molecule has 2 aliphatic rings. The summed E-state index contributed by atoms with van der Waals surface area (Å²) in [5, 5.41) is 0. The molecule has 0 radical (unpaired) electrons. The Kier molecular flexibility index (Phi) is 5.03. The van der Waals surface area contributed by atoms with Crippen LogP contribution in [-0.2, 0) is 0 Å². The van der Waals surface area contributed by atoms with E-state index in [0.717, 1.165) is 17.3 Å². The highest BCUT2D eigenvalue weighted by Gasteiger charge is 2.49. The van der Waals surface area contributed by atoms with Gasteiger partial charge in [-0.05, 0) is 74.5 Å². The van der Waals surface area contributed by atoms with Gasteiger partial charge < -0.3 is 0 Å². The van der Waals surface area contributed by atoms with Crippen molar-refractivity contribution in [2.45, 2.75) is 91.9 Å². The van der Waals surface area contributed by atoms with Gasteiger partial charge in [-0.3, -0.25) is 0 Å². The fourth-order valence-electron chi connectivity index (χ4n) is 4.20. The van der Waals surface area contributed by atoms with E-state index in [1.54, 1.807) is 0 Å². The van der Waals surface area contributed by atoms with Crippen LogP contribution in [0, 0.1) is 22.7 Å². The minimum absolute atomic E-state index is 0.570. The molecule has 2 aliphatic carbocycles. The number of rotatable bonds is 10. The van der Waals surface area contributed by atoms with E-state index in [1.807, 2.05) is 0 Å². The second kappa shape index (κ2) is 6.24. The summed E-state index contributed by atoms with van der Waals surface area (Å²) in [6, 6.07) is 0. The lowest BCUT2D eigenvalue weighted by atomic mass is 9.77. The summed E-state index contributed by atoms with van der Waals surface area (Å²) in [7, 11) is 0. The second-order valence-corrected chi connectivity index (χ2v) is 8.71. The van der Waals surface area contributed by atoms with Crippen molar-refractivity contribution in [2.75, 3.05) is 0 Å². The Bertz CT molecular complexity index is 332. The van der Waals surface area contributed by atoms with Crippen LogP contribution in [0.3, 0.4) is 0 Å². The Morgan fingerprint density at radius 2 is 1.90 bits per heavy atom. The van der Waals surface area contributed by atoms with Crippen molar-refractivity contribution in [1.82, 2.24) is 0 Å². The van der Waals surface area contributed by atoms with Crippen LogP contribution in [0.15, 0.2) is 12.2 Å². The summed E-state index contributed by atoms with van der Waals surface area (Å²) in [6.45, 7) is 13.6. The molecule has 0 amide bonds. The molecule has 0 aromatic heterocycles. The number of unbranched alkanes of at least 4 members (excludes halogenated alkanes) is 2. The smallest absolute Gasteiger partial charge is 0.0294 e. The van der Waals surface area contributed by atoms with Crippen LogP contribution in [0.2, 0.25) is 0 Å². The Labute approximate surface area is 127 Å². The molecule has 2 fully saturated rings. The van der Waals surface area contributed by atoms with E-state index in [-0.39, 0.29) is 0 Å². The predicted octanol–water partition coefficient (Wildman–Crippen LogP) is 6.76. The molecule has 0 spiro atoms. The first-order chi connectivity index (χ1) is 9.38. The number of allylic oxidation sites excluding steroid dienone is 1. The van der Waals surface area contributed by atoms with Gasteiger partial charge in [-0.15, -0.1) is 6.58 Å². The largest absolute Gasteiger partial charge is 0.100 e. The Morgan fingerprint density at radius 3 is 2.45 bits per heavy atom. The van der Waals surface area contributed by atoms with Crippen LogP contribution in [-0.4, -0.2) is 0 Å². The maximum atomic E-state index is 4.09. The van der Waals surface area contributed by atoms with Crippen LogP contribution >= 0.6 is 0 Å². The van der Waals surface area contributed by atoms with Crippen molar-refractivity contribution >= 4 is 0 Å². The summed E-state index contributed by atoms with van der Waals surface area (Å²) in [5.41, 5.74) is 2.73. The van der Waals surface area contributed by atoms with E-state index in [2.05, 4.69) is 34.3 Å². The molecule has 0 nitrogen and oxygen atoms in total. The van der Waals surface area contributed by atoms with Gasteiger partial charge in [0.25, 0.3) is 0 Å². The Morgan fingerprint density at radius 1 is 1.20 bits per heavy atom. The van der Waals surface area contributed by atoms with Crippen molar-refractivity contribution in [3.63, 3.8) is 0 Å². The van der Waals surface area contributed by atoms with Gasteiger partial charge in [0, 0.05) is 0 Å². The molecule has 116 valence electrons. The lowest BCUT2D eigenvalue weighted by Gasteiger charge is -2.28. The van der Waals surface area contributed by atoms with Gasteiger partial charge in [0.2, 0.25) is 0 Å². The van der Waals surface area contributed by atoms with Crippen molar-refractivity contribution in [3.05, 3.63) is 12.2 Å². The van der Waals surface area contributed by atoms with Crippen molar-refractivity contribution < 1.29 is 0 Å². The molecular formula is C20H36. The molecule has 2 atom stereocenters. The Hall–Kier alpha value is -0.260. The number of hydrogen-bond acceptors (Lipinski definition) is 0. The molecule has 2 saturated carbocycles. The quantitative estimate of drug-likeness (QED) is 0.305. The molecular weight excluding hydrogens is 240 g/mol. The minimum atomic E-state index is 0.570. The van der Waals surface area contributed by atoms with E-state index in [0.29, 0.717) is 5.41 Å². The van der Waals surface area contributed by atoms with Gasteiger partial charge in [0.1, 0.15) is 0 Å². The lowest BCUT2D eigenvalue weighted by Crippen LogP contribution is -2.18. The van der Waals surface area contributed by atoms with Crippen molar-refractivity contribution in [1.29, 1.82) is 0 Å². The molecule has 0 aromatic rings. The maximum absolute atomic E-state index is 4.09. The third-order valence-electron chi connectivity index (χ3n) is 6.10. The topological polar surface area (TPSA) is 0 Å².